The Bertz CT molecular complexity index is 509. The molecule has 3 heteroatoms. The summed E-state index contributed by atoms with van der Waals surface area (Å²) in [6.45, 7) is 14.8. The van der Waals surface area contributed by atoms with E-state index in [0.29, 0.717) is 5.69 Å². The zero-order valence-electron chi connectivity index (χ0n) is 14.4. The minimum Gasteiger partial charge on any atom is -0.508 e. The van der Waals surface area contributed by atoms with Gasteiger partial charge in [-0.25, -0.2) is 0 Å². The molecule has 118 valence electrons. The van der Waals surface area contributed by atoms with Crippen molar-refractivity contribution in [3.63, 3.8) is 0 Å². The average Bonchev–Trinajstić information content (AvgIpc) is 2.24. The average molecular weight is 291 g/mol. The summed E-state index contributed by atoms with van der Waals surface area (Å²) in [5.74, 6) is 0.150. The van der Waals surface area contributed by atoms with Gasteiger partial charge in [-0.1, -0.05) is 54.5 Å². The van der Waals surface area contributed by atoms with Crippen molar-refractivity contribution in [1.29, 1.82) is 0 Å². The summed E-state index contributed by atoms with van der Waals surface area (Å²) in [6.07, 6.45) is 0.786. The second-order valence-electron chi connectivity index (χ2n) is 8.32. The van der Waals surface area contributed by atoms with Gasteiger partial charge in [-0.3, -0.25) is 4.79 Å². The summed E-state index contributed by atoms with van der Waals surface area (Å²) < 4.78 is 0. The predicted octanol–water partition coefficient (Wildman–Crippen LogP) is 4.82. The molecule has 0 fully saturated rings. The van der Waals surface area contributed by atoms with Crippen LogP contribution in [-0.2, 0) is 4.79 Å². The predicted molar refractivity (Wildman–Crippen MR) is 88.4 cm³/mol. The van der Waals surface area contributed by atoms with Crippen LogP contribution in [0.2, 0.25) is 0 Å². The Morgan fingerprint density at radius 3 is 2.10 bits per heavy atom. The molecular formula is C18H29NO2. The Labute approximate surface area is 128 Å². The molecule has 0 aliphatic carbocycles. The number of amides is 1. The minimum absolute atomic E-state index is 0.00414. The number of aromatic hydroxyl groups is 1. The lowest BCUT2D eigenvalue weighted by Gasteiger charge is -2.44. The number of carbonyl (C=O) groups is 1. The molecule has 1 aromatic carbocycles. The van der Waals surface area contributed by atoms with Crippen LogP contribution in [0.15, 0.2) is 24.3 Å². The zero-order valence-corrected chi connectivity index (χ0v) is 14.4. The van der Waals surface area contributed by atoms with Gasteiger partial charge < -0.3 is 10.4 Å². The molecule has 0 saturated carbocycles. The number of rotatable bonds is 3. The first-order valence-electron chi connectivity index (χ1n) is 7.46. The molecular weight excluding hydrogens is 262 g/mol. The number of anilines is 1. The molecule has 0 heterocycles. The van der Waals surface area contributed by atoms with Crippen LogP contribution in [0.1, 0.15) is 54.9 Å². The van der Waals surface area contributed by atoms with E-state index in [1.54, 1.807) is 24.3 Å². The standard InChI is InChI=1S/C18H29NO2/c1-16(2,3)12-18(7,17(4,5)6)15(21)19-13-9-8-10-14(20)11-13/h8-11,20H,12H2,1-7H3,(H,19,21). The maximum absolute atomic E-state index is 12.9. The Balaban J connectivity index is 3.07. The molecule has 21 heavy (non-hydrogen) atoms. The van der Waals surface area contributed by atoms with Crippen LogP contribution in [0.5, 0.6) is 5.75 Å². The van der Waals surface area contributed by atoms with E-state index >= 15 is 0 Å². The van der Waals surface area contributed by atoms with Gasteiger partial charge >= 0.3 is 0 Å². The smallest absolute Gasteiger partial charge is 0.230 e. The van der Waals surface area contributed by atoms with E-state index < -0.39 is 5.41 Å². The topological polar surface area (TPSA) is 49.3 Å². The molecule has 0 bridgehead atoms. The second kappa shape index (κ2) is 5.70. The van der Waals surface area contributed by atoms with Gasteiger partial charge in [0.05, 0.1) is 5.41 Å². The number of carbonyl (C=O) groups excluding carboxylic acids is 1. The number of phenolic OH excluding ortho intramolecular Hbond substituents is 1. The number of hydrogen-bond donors (Lipinski definition) is 2. The van der Waals surface area contributed by atoms with Gasteiger partial charge in [0.2, 0.25) is 5.91 Å². The van der Waals surface area contributed by atoms with E-state index in [4.69, 9.17) is 0 Å². The molecule has 1 aromatic rings. The van der Waals surface area contributed by atoms with Crippen LogP contribution in [-0.4, -0.2) is 11.0 Å². The summed E-state index contributed by atoms with van der Waals surface area (Å²) in [6, 6.07) is 6.67. The number of phenols is 1. The Hall–Kier alpha value is -1.51. The molecule has 0 aliphatic rings. The molecule has 0 radical (unpaired) electrons. The van der Waals surface area contributed by atoms with E-state index in [1.165, 1.54) is 0 Å². The van der Waals surface area contributed by atoms with Gasteiger partial charge in [0, 0.05) is 11.8 Å². The molecule has 0 aromatic heterocycles. The van der Waals surface area contributed by atoms with E-state index in [9.17, 15) is 9.90 Å². The third kappa shape index (κ3) is 4.48. The zero-order chi connectivity index (χ0) is 16.5. The fraction of sp³-hybridized carbons (Fsp3) is 0.611. The van der Waals surface area contributed by atoms with Crippen LogP contribution in [0.25, 0.3) is 0 Å². The minimum atomic E-state index is -0.503. The molecule has 1 rings (SSSR count). The Morgan fingerprint density at radius 2 is 1.67 bits per heavy atom. The van der Waals surface area contributed by atoms with Gasteiger partial charge in [-0.2, -0.15) is 0 Å². The molecule has 1 atom stereocenters. The Kier molecular flexibility index (Phi) is 4.76. The van der Waals surface area contributed by atoms with Gasteiger partial charge in [-0.15, -0.1) is 0 Å². The largest absolute Gasteiger partial charge is 0.508 e. The SMILES string of the molecule is CC(C)(C)CC(C)(C(=O)Nc1cccc(O)c1)C(C)(C)C. The quantitative estimate of drug-likeness (QED) is 0.838. The van der Waals surface area contributed by atoms with E-state index in [0.717, 1.165) is 6.42 Å². The molecule has 3 nitrogen and oxygen atoms in total. The van der Waals surface area contributed by atoms with Gasteiger partial charge in [-0.05, 0) is 29.4 Å². The lowest BCUT2D eigenvalue weighted by atomic mass is 9.61. The highest BCUT2D eigenvalue weighted by molar-refractivity contribution is 5.95. The highest BCUT2D eigenvalue weighted by Gasteiger charge is 2.46. The van der Waals surface area contributed by atoms with Crippen molar-refractivity contribution >= 4 is 11.6 Å². The van der Waals surface area contributed by atoms with Crippen molar-refractivity contribution in [2.45, 2.75) is 54.9 Å². The molecule has 0 aliphatic heterocycles. The van der Waals surface area contributed by atoms with Crippen LogP contribution < -0.4 is 5.32 Å². The highest BCUT2D eigenvalue weighted by Crippen LogP contribution is 2.47. The Morgan fingerprint density at radius 1 is 1.10 bits per heavy atom. The molecule has 0 spiro atoms. The third-order valence-corrected chi connectivity index (χ3v) is 4.14. The van der Waals surface area contributed by atoms with Crippen LogP contribution in [0.3, 0.4) is 0 Å². The fourth-order valence-electron chi connectivity index (χ4n) is 2.60. The number of benzene rings is 1. The lowest BCUT2D eigenvalue weighted by Crippen LogP contribution is -2.46. The van der Waals surface area contributed by atoms with Crippen LogP contribution in [0.4, 0.5) is 5.69 Å². The monoisotopic (exact) mass is 291 g/mol. The van der Waals surface area contributed by atoms with Gasteiger partial charge in [0.15, 0.2) is 0 Å². The van der Waals surface area contributed by atoms with Crippen LogP contribution >= 0.6 is 0 Å². The van der Waals surface area contributed by atoms with Crippen molar-refractivity contribution in [2.24, 2.45) is 16.2 Å². The van der Waals surface area contributed by atoms with Gasteiger partial charge in [0.25, 0.3) is 0 Å². The van der Waals surface area contributed by atoms with Crippen molar-refractivity contribution in [2.75, 3.05) is 5.32 Å². The maximum atomic E-state index is 12.9. The second-order valence-corrected chi connectivity index (χ2v) is 8.32. The molecule has 1 unspecified atom stereocenters. The van der Waals surface area contributed by atoms with E-state index in [2.05, 4.69) is 46.9 Å². The number of hydrogen-bond acceptors (Lipinski definition) is 2. The van der Waals surface area contributed by atoms with Crippen molar-refractivity contribution < 1.29 is 9.90 Å². The van der Waals surface area contributed by atoms with Gasteiger partial charge in [0.1, 0.15) is 5.75 Å². The summed E-state index contributed by atoms with van der Waals surface area (Å²) in [5, 5.41) is 12.5. The third-order valence-electron chi connectivity index (χ3n) is 4.14. The van der Waals surface area contributed by atoms with Crippen molar-refractivity contribution in [3.8, 4) is 5.75 Å². The highest BCUT2D eigenvalue weighted by atomic mass is 16.3. The van der Waals surface area contributed by atoms with Crippen LogP contribution in [0, 0.1) is 16.2 Å². The maximum Gasteiger partial charge on any atom is 0.230 e. The first kappa shape index (κ1) is 17.5. The number of nitrogens with one attached hydrogen (secondary N) is 1. The normalized spacial score (nSPS) is 15.4. The summed E-state index contributed by atoms with van der Waals surface area (Å²) >= 11 is 0. The molecule has 0 saturated heterocycles. The first-order chi connectivity index (χ1) is 9.35. The molecule has 1 amide bonds. The van der Waals surface area contributed by atoms with E-state index in [-0.39, 0.29) is 22.5 Å². The van der Waals surface area contributed by atoms with E-state index in [1.807, 2.05) is 6.92 Å². The van der Waals surface area contributed by atoms with Crippen molar-refractivity contribution in [1.82, 2.24) is 0 Å². The fourth-order valence-corrected chi connectivity index (χ4v) is 2.60. The first-order valence-corrected chi connectivity index (χ1v) is 7.46. The summed E-state index contributed by atoms with van der Waals surface area (Å²) in [7, 11) is 0. The van der Waals surface area contributed by atoms with Crippen molar-refractivity contribution in [3.05, 3.63) is 24.3 Å². The molecule has 2 N–H and O–H groups in total. The lowest BCUT2D eigenvalue weighted by molar-refractivity contribution is -0.133. The summed E-state index contributed by atoms with van der Waals surface area (Å²) in [4.78, 5) is 12.9. The summed E-state index contributed by atoms with van der Waals surface area (Å²) in [5.41, 5.74) is 0.0141.